The van der Waals surface area contributed by atoms with Gasteiger partial charge in [0.25, 0.3) is 0 Å². The van der Waals surface area contributed by atoms with Gasteiger partial charge in [0.2, 0.25) is 5.95 Å². The maximum Gasteiger partial charge on any atom is 0.223 e. The number of rotatable bonds is 3. The van der Waals surface area contributed by atoms with Crippen LogP contribution in [0.15, 0.2) is 6.20 Å². The van der Waals surface area contributed by atoms with Crippen molar-refractivity contribution in [2.24, 2.45) is 0 Å². The molecule has 0 aliphatic carbocycles. The first-order valence-corrected chi connectivity index (χ1v) is 7.30. The number of aliphatic hydroxyl groups is 3. The zero-order valence-electron chi connectivity index (χ0n) is 11.8. The number of nitrogen functional groups attached to an aromatic ring is 1. The minimum absolute atomic E-state index is 0.00578. The van der Waals surface area contributed by atoms with Crippen molar-refractivity contribution in [3.8, 4) is 0 Å². The number of aliphatic hydroxyl groups excluding tert-OH is 3. The fourth-order valence-corrected chi connectivity index (χ4v) is 3.06. The second-order valence-corrected chi connectivity index (χ2v) is 5.57. The number of fused-ring (bicyclic) bond motifs is 1. The van der Waals surface area contributed by atoms with Crippen LogP contribution in [-0.4, -0.2) is 54.8 Å². The van der Waals surface area contributed by atoms with Gasteiger partial charge < -0.3 is 30.4 Å². The van der Waals surface area contributed by atoms with E-state index in [1.54, 1.807) is 10.8 Å². The number of halogens is 1. The zero-order chi connectivity index (χ0) is 16.0. The lowest BCUT2D eigenvalue weighted by atomic mass is 10.1. The zero-order valence-corrected chi connectivity index (χ0v) is 12.6. The summed E-state index contributed by atoms with van der Waals surface area (Å²) in [5.41, 5.74) is 6.94. The van der Waals surface area contributed by atoms with Crippen molar-refractivity contribution in [3.05, 3.63) is 16.9 Å². The molecule has 0 saturated carbocycles. The van der Waals surface area contributed by atoms with Gasteiger partial charge in [0.1, 0.15) is 29.1 Å². The summed E-state index contributed by atoms with van der Waals surface area (Å²) in [6.07, 6.45) is -1.73. The Labute approximate surface area is 131 Å². The van der Waals surface area contributed by atoms with Crippen molar-refractivity contribution < 1.29 is 20.1 Å². The smallest absolute Gasteiger partial charge is 0.223 e. The molecule has 1 aliphatic heterocycles. The van der Waals surface area contributed by atoms with E-state index in [0.29, 0.717) is 17.5 Å². The van der Waals surface area contributed by atoms with Gasteiger partial charge in [-0.05, 0) is 12.0 Å². The minimum Gasteiger partial charge on any atom is -0.394 e. The molecule has 4 atom stereocenters. The SMILES string of the molecule is CCc1cn(C2O[C@H](CO)[C@@H](O)[C@H]2O)c2nc(N)nc(Cl)c12. The van der Waals surface area contributed by atoms with E-state index in [2.05, 4.69) is 9.97 Å². The largest absolute Gasteiger partial charge is 0.394 e. The Balaban J connectivity index is 2.15. The van der Waals surface area contributed by atoms with Gasteiger partial charge in [-0.1, -0.05) is 18.5 Å². The van der Waals surface area contributed by atoms with Crippen LogP contribution in [0.3, 0.4) is 0 Å². The Morgan fingerprint density at radius 1 is 1.36 bits per heavy atom. The van der Waals surface area contributed by atoms with E-state index >= 15 is 0 Å². The van der Waals surface area contributed by atoms with Gasteiger partial charge in [-0.2, -0.15) is 4.98 Å². The second-order valence-electron chi connectivity index (χ2n) is 5.22. The number of anilines is 1. The average molecular weight is 329 g/mol. The van der Waals surface area contributed by atoms with Crippen LogP contribution in [0.4, 0.5) is 5.95 Å². The van der Waals surface area contributed by atoms with Gasteiger partial charge in [0.15, 0.2) is 6.23 Å². The fraction of sp³-hybridized carbons (Fsp3) is 0.538. The third kappa shape index (κ3) is 2.24. The van der Waals surface area contributed by atoms with Crippen LogP contribution in [0, 0.1) is 0 Å². The molecule has 0 spiro atoms. The van der Waals surface area contributed by atoms with Gasteiger partial charge in [-0.25, -0.2) is 4.98 Å². The van der Waals surface area contributed by atoms with Crippen molar-refractivity contribution >= 4 is 28.6 Å². The number of hydrogen-bond donors (Lipinski definition) is 4. The monoisotopic (exact) mass is 328 g/mol. The highest BCUT2D eigenvalue weighted by molar-refractivity contribution is 6.34. The second kappa shape index (κ2) is 5.64. The highest BCUT2D eigenvalue weighted by atomic mass is 35.5. The molecule has 0 radical (unpaired) electrons. The molecule has 3 heterocycles. The Kier molecular flexibility index (Phi) is 3.96. The first kappa shape index (κ1) is 15.4. The van der Waals surface area contributed by atoms with Crippen LogP contribution in [0.1, 0.15) is 18.7 Å². The van der Waals surface area contributed by atoms with Gasteiger partial charge >= 0.3 is 0 Å². The summed E-state index contributed by atoms with van der Waals surface area (Å²) in [4.78, 5) is 8.11. The Hall–Kier alpha value is -1.45. The highest BCUT2D eigenvalue weighted by Gasteiger charge is 2.44. The summed E-state index contributed by atoms with van der Waals surface area (Å²) in [5.74, 6) is 0.00578. The quantitative estimate of drug-likeness (QED) is 0.577. The van der Waals surface area contributed by atoms with Crippen molar-refractivity contribution in [3.63, 3.8) is 0 Å². The van der Waals surface area contributed by atoms with E-state index in [-0.39, 0.29) is 11.1 Å². The van der Waals surface area contributed by atoms with E-state index in [1.807, 2.05) is 6.92 Å². The maximum absolute atomic E-state index is 10.2. The summed E-state index contributed by atoms with van der Waals surface area (Å²) in [6, 6.07) is 0. The first-order chi connectivity index (χ1) is 10.5. The summed E-state index contributed by atoms with van der Waals surface area (Å²) < 4.78 is 7.11. The predicted molar refractivity (Wildman–Crippen MR) is 79.3 cm³/mol. The summed E-state index contributed by atoms with van der Waals surface area (Å²) >= 11 is 6.15. The van der Waals surface area contributed by atoms with Crippen LogP contribution >= 0.6 is 11.6 Å². The minimum atomic E-state index is -1.20. The molecular weight excluding hydrogens is 312 g/mol. The van der Waals surface area contributed by atoms with E-state index in [4.69, 9.17) is 22.1 Å². The number of nitrogens with two attached hydrogens (primary N) is 1. The van der Waals surface area contributed by atoms with Gasteiger partial charge in [-0.3, -0.25) is 0 Å². The molecule has 0 amide bonds. The van der Waals surface area contributed by atoms with E-state index in [0.717, 1.165) is 5.56 Å². The Morgan fingerprint density at radius 2 is 2.09 bits per heavy atom. The lowest BCUT2D eigenvalue weighted by Gasteiger charge is -2.17. The molecular formula is C13H17ClN4O4. The molecule has 2 aromatic heterocycles. The van der Waals surface area contributed by atoms with Crippen molar-refractivity contribution in [2.45, 2.75) is 37.9 Å². The van der Waals surface area contributed by atoms with Crippen LogP contribution in [0.5, 0.6) is 0 Å². The van der Waals surface area contributed by atoms with Crippen LogP contribution < -0.4 is 5.73 Å². The molecule has 0 bridgehead atoms. The number of aromatic nitrogens is 3. The van der Waals surface area contributed by atoms with E-state index in [1.165, 1.54) is 0 Å². The lowest BCUT2D eigenvalue weighted by molar-refractivity contribution is -0.0509. The molecule has 9 heteroatoms. The third-order valence-electron chi connectivity index (χ3n) is 3.90. The first-order valence-electron chi connectivity index (χ1n) is 6.92. The molecule has 5 N–H and O–H groups in total. The number of aryl methyl sites for hydroxylation is 1. The predicted octanol–water partition coefficient (Wildman–Crippen LogP) is -0.159. The van der Waals surface area contributed by atoms with Crippen molar-refractivity contribution in [1.29, 1.82) is 0 Å². The standard InChI is InChI=1S/C13H17ClN4O4/c1-2-5-3-18(11-7(5)10(14)16-13(15)17-11)12-9(21)8(20)6(4-19)22-12/h3,6,8-9,12,19-21H,2,4H2,1H3,(H2,15,16,17)/t6-,8-,9-,12?/m1/s1. The molecule has 3 rings (SSSR count). The molecule has 120 valence electrons. The van der Waals surface area contributed by atoms with Crippen LogP contribution in [-0.2, 0) is 11.2 Å². The average Bonchev–Trinajstić information content (AvgIpc) is 2.98. The summed E-state index contributed by atoms with van der Waals surface area (Å²) in [5, 5.41) is 30.1. The molecule has 1 saturated heterocycles. The third-order valence-corrected chi connectivity index (χ3v) is 4.17. The number of hydrogen-bond acceptors (Lipinski definition) is 7. The van der Waals surface area contributed by atoms with Gasteiger partial charge in [0.05, 0.1) is 12.0 Å². The molecule has 8 nitrogen and oxygen atoms in total. The Morgan fingerprint density at radius 3 is 2.68 bits per heavy atom. The molecule has 2 aromatic rings. The van der Waals surface area contributed by atoms with Gasteiger partial charge in [-0.15, -0.1) is 0 Å². The molecule has 22 heavy (non-hydrogen) atoms. The van der Waals surface area contributed by atoms with E-state index < -0.39 is 31.1 Å². The molecule has 1 fully saturated rings. The highest BCUT2D eigenvalue weighted by Crippen LogP contribution is 2.35. The summed E-state index contributed by atoms with van der Waals surface area (Å²) in [7, 11) is 0. The molecule has 1 unspecified atom stereocenters. The van der Waals surface area contributed by atoms with Gasteiger partial charge in [0, 0.05) is 6.20 Å². The summed E-state index contributed by atoms with van der Waals surface area (Å²) in [6.45, 7) is 1.55. The maximum atomic E-state index is 10.2. The molecule has 1 aliphatic rings. The van der Waals surface area contributed by atoms with Crippen molar-refractivity contribution in [2.75, 3.05) is 12.3 Å². The normalized spacial score (nSPS) is 28.6. The van der Waals surface area contributed by atoms with Crippen LogP contribution in [0.25, 0.3) is 11.0 Å². The Bertz CT molecular complexity index is 707. The van der Waals surface area contributed by atoms with Crippen molar-refractivity contribution in [1.82, 2.24) is 14.5 Å². The van der Waals surface area contributed by atoms with E-state index in [9.17, 15) is 15.3 Å². The number of ether oxygens (including phenoxy) is 1. The molecule has 0 aromatic carbocycles. The lowest BCUT2D eigenvalue weighted by Crippen LogP contribution is -2.33. The van der Waals surface area contributed by atoms with Crippen LogP contribution in [0.2, 0.25) is 5.15 Å². The fourth-order valence-electron chi connectivity index (χ4n) is 2.77. The topological polar surface area (TPSA) is 127 Å². The number of nitrogens with zero attached hydrogens (tertiary/aromatic N) is 3.